The van der Waals surface area contributed by atoms with Crippen molar-refractivity contribution >= 4 is 20.2 Å². The van der Waals surface area contributed by atoms with Crippen LogP contribution in [0.15, 0.2) is 82.6 Å². The third kappa shape index (κ3) is 6.74. The molecule has 0 heterocycles. The Morgan fingerprint density at radius 3 is 1.34 bits per heavy atom. The average molecular weight is 475 g/mol. The Morgan fingerprint density at radius 2 is 0.969 bits per heavy atom. The van der Waals surface area contributed by atoms with Crippen LogP contribution in [0.5, 0.6) is 0 Å². The van der Waals surface area contributed by atoms with Crippen molar-refractivity contribution in [2.24, 2.45) is 0 Å². The van der Waals surface area contributed by atoms with E-state index in [1.165, 1.54) is 24.3 Å². The molecule has 0 fully saturated rings. The molecule has 0 amide bonds. The fourth-order valence-corrected chi connectivity index (χ4v) is 4.84. The molecule has 3 aromatic rings. The first kappa shape index (κ1) is 24.1. The molecule has 6 nitrogen and oxygen atoms in total. The molecule has 0 N–H and O–H groups in total. The summed E-state index contributed by atoms with van der Waals surface area (Å²) in [6, 6.07) is 20.5. The van der Waals surface area contributed by atoms with Crippen molar-refractivity contribution in [2.45, 2.75) is 36.5 Å². The van der Waals surface area contributed by atoms with Gasteiger partial charge >= 0.3 is 0 Å². The maximum absolute atomic E-state index is 12.3. The van der Waals surface area contributed by atoms with E-state index in [0.29, 0.717) is 12.8 Å². The number of hydrogen-bond donors (Lipinski definition) is 0. The standard InChI is InChI=1S/C24H26O6S2/c1-19-6-10-23(11-7-19)31(25,26)29-16-14-21-4-3-5-22(18-21)15-17-30-32(27,28)24-12-8-20(2)9-13-24/h3-13,18H,14-17H2,1-2H3. The SMILES string of the molecule is Cc1ccc(S(=O)(=O)OCCc2cccc(CCOS(=O)(=O)c3ccc(C)cc3)c2)cc1. The Morgan fingerprint density at radius 1 is 0.594 bits per heavy atom. The van der Waals surface area contributed by atoms with Gasteiger partial charge in [0.25, 0.3) is 20.2 Å². The lowest BCUT2D eigenvalue weighted by Crippen LogP contribution is -2.10. The minimum Gasteiger partial charge on any atom is -0.266 e. The van der Waals surface area contributed by atoms with Gasteiger partial charge in [-0.3, -0.25) is 8.37 Å². The summed E-state index contributed by atoms with van der Waals surface area (Å²) in [6.45, 7) is 3.79. The molecule has 0 radical (unpaired) electrons. The molecule has 0 aromatic heterocycles. The molecule has 170 valence electrons. The van der Waals surface area contributed by atoms with Gasteiger partial charge in [-0.2, -0.15) is 16.8 Å². The second-order valence-corrected chi connectivity index (χ2v) is 10.7. The molecule has 0 atom stereocenters. The van der Waals surface area contributed by atoms with Gasteiger partial charge in [-0.05, 0) is 62.1 Å². The van der Waals surface area contributed by atoms with E-state index in [1.807, 2.05) is 38.1 Å². The average Bonchev–Trinajstić information content (AvgIpc) is 2.74. The third-order valence-electron chi connectivity index (χ3n) is 4.87. The van der Waals surface area contributed by atoms with Crippen molar-refractivity contribution in [3.63, 3.8) is 0 Å². The second-order valence-electron chi connectivity index (χ2n) is 7.50. The Bertz CT molecular complexity index is 1150. The lowest BCUT2D eigenvalue weighted by Gasteiger charge is -2.09. The number of aryl methyl sites for hydroxylation is 2. The summed E-state index contributed by atoms with van der Waals surface area (Å²) in [6.07, 6.45) is 0.808. The molecule has 0 saturated carbocycles. The van der Waals surface area contributed by atoms with E-state index >= 15 is 0 Å². The summed E-state index contributed by atoms with van der Waals surface area (Å²) in [5.41, 5.74) is 3.72. The summed E-state index contributed by atoms with van der Waals surface area (Å²) in [5.74, 6) is 0. The zero-order valence-electron chi connectivity index (χ0n) is 18.0. The Labute approximate surface area is 190 Å². The van der Waals surface area contributed by atoms with Crippen molar-refractivity contribution < 1.29 is 25.2 Å². The fraction of sp³-hybridized carbons (Fsp3) is 0.250. The highest BCUT2D eigenvalue weighted by Crippen LogP contribution is 2.16. The molecule has 3 rings (SSSR count). The minimum atomic E-state index is -3.80. The summed E-state index contributed by atoms with van der Waals surface area (Å²) in [7, 11) is -7.61. The Balaban J connectivity index is 1.52. The van der Waals surface area contributed by atoms with Crippen LogP contribution in [0.25, 0.3) is 0 Å². The maximum Gasteiger partial charge on any atom is 0.296 e. The van der Waals surface area contributed by atoms with E-state index < -0.39 is 20.2 Å². The molecule has 0 spiro atoms. The highest BCUT2D eigenvalue weighted by atomic mass is 32.2. The monoisotopic (exact) mass is 474 g/mol. The van der Waals surface area contributed by atoms with Crippen LogP contribution in [0.2, 0.25) is 0 Å². The van der Waals surface area contributed by atoms with Crippen molar-refractivity contribution in [2.75, 3.05) is 13.2 Å². The predicted octanol–water partition coefficient (Wildman–Crippen LogP) is 4.20. The normalized spacial score (nSPS) is 12.1. The number of hydrogen-bond acceptors (Lipinski definition) is 6. The predicted molar refractivity (Wildman–Crippen MR) is 122 cm³/mol. The highest BCUT2D eigenvalue weighted by molar-refractivity contribution is 7.87. The Hall–Kier alpha value is -2.52. The van der Waals surface area contributed by atoms with E-state index in [4.69, 9.17) is 8.37 Å². The molecule has 0 unspecified atom stereocenters. The highest BCUT2D eigenvalue weighted by Gasteiger charge is 2.16. The molecular weight excluding hydrogens is 448 g/mol. The number of benzene rings is 3. The third-order valence-corrected chi connectivity index (χ3v) is 7.52. The van der Waals surface area contributed by atoms with Crippen LogP contribution in [0.3, 0.4) is 0 Å². The Kier molecular flexibility index (Phi) is 7.84. The minimum absolute atomic E-state index is 0.0119. The molecule has 0 bridgehead atoms. The maximum atomic E-state index is 12.3. The zero-order valence-corrected chi connectivity index (χ0v) is 19.7. The van der Waals surface area contributed by atoms with Gasteiger partial charge < -0.3 is 0 Å². The molecule has 3 aromatic carbocycles. The van der Waals surface area contributed by atoms with Crippen LogP contribution in [-0.4, -0.2) is 30.0 Å². The van der Waals surface area contributed by atoms with Gasteiger partial charge in [0.15, 0.2) is 0 Å². The molecule has 0 aliphatic rings. The van der Waals surface area contributed by atoms with Gasteiger partial charge in [0.1, 0.15) is 0 Å². The van der Waals surface area contributed by atoms with Crippen molar-refractivity contribution in [3.8, 4) is 0 Å². The molecular formula is C24H26O6S2. The van der Waals surface area contributed by atoms with E-state index in [9.17, 15) is 16.8 Å². The van der Waals surface area contributed by atoms with E-state index in [-0.39, 0.29) is 23.0 Å². The summed E-state index contributed by atoms with van der Waals surface area (Å²) in [5, 5.41) is 0. The second kappa shape index (κ2) is 10.4. The van der Waals surface area contributed by atoms with Gasteiger partial charge in [0.2, 0.25) is 0 Å². The smallest absolute Gasteiger partial charge is 0.266 e. The van der Waals surface area contributed by atoms with Gasteiger partial charge in [0, 0.05) is 0 Å². The summed E-state index contributed by atoms with van der Waals surface area (Å²) >= 11 is 0. The molecule has 0 aliphatic carbocycles. The van der Waals surface area contributed by atoms with Crippen LogP contribution >= 0.6 is 0 Å². The van der Waals surface area contributed by atoms with Crippen LogP contribution < -0.4 is 0 Å². The van der Waals surface area contributed by atoms with Gasteiger partial charge in [-0.1, -0.05) is 59.7 Å². The first-order valence-electron chi connectivity index (χ1n) is 10.2. The van der Waals surface area contributed by atoms with Crippen molar-refractivity contribution in [1.82, 2.24) is 0 Å². The summed E-state index contributed by atoms with van der Waals surface area (Å²) in [4.78, 5) is 0.257. The fourth-order valence-electron chi connectivity index (χ4n) is 3.03. The first-order valence-corrected chi connectivity index (χ1v) is 13.0. The lowest BCUT2D eigenvalue weighted by atomic mass is 10.1. The topological polar surface area (TPSA) is 86.7 Å². The number of rotatable bonds is 10. The molecule has 8 heteroatoms. The largest absolute Gasteiger partial charge is 0.296 e. The summed E-state index contributed by atoms with van der Waals surface area (Å²) < 4.78 is 59.4. The van der Waals surface area contributed by atoms with Gasteiger partial charge in [-0.25, -0.2) is 0 Å². The quantitative estimate of drug-likeness (QED) is 0.409. The molecule has 32 heavy (non-hydrogen) atoms. The van der Waals surface area contributed by atoms with Crippen LogP contribution in [0, 0.1) is 13.8 Å². The molecule has 0 saturated heterocycles. The van der Waals surface area contributed by atoms with Gasteiger partial charge in [-0.15, -0.1) is 0 Å². The van der Waals surface area contributed by atoms with E-state index in [2.05, 4.69) is 0 Å². The van der Waals surface area contributed by atoms with Crippen LogP contribution in [-0.2, 0) is 41.4 Å². The molecule has 0 aliphatic heterocycles. The van der Waals surface area contributed by atoms with Crippen LogP contribution in [0.4, 0.5) is 0 Å². The lowest BCUT2D eigenvalue weighted by molar-refractivity contribution is 0.321. The zero-order chi connectivity index (χ0) is 23.2. The van der Waals surface area contributed by atoms with E-state index in [0.717, 1.165) is 22.3 Å². The van der Waals surface area contributed by atoms with E-state index in [1.54, 1.807) is 24.3 Å². The van der Waals surface area contributed by atoms with Crippen molar-refractivity contribution in [3.05, 3.63) is 95.1 Å². The first-order chi connectivity index (χ1) is 15.2. The van der Waals surface area contributed by atoms with Gasteiger partial charge in [0.05, 0.1) is 23.0 Å². The van der Waals surface area contributed by atoms with Crippen molar-refractivity contribution in [1.29, 1.82) is 0 Å². The van der Waals surface area contributed by atoms with Crippen LogP contribution in [0.1, 0.15) is 22.3 Å².